The molecular formula is C18H22ClN3O2. The van der Waals surface area contributed by atoms with E-state index in [9.17, 15) is 4.79 Å². The van der Waals surface area contributed by atoms with Crippen LogP contribution in [0.25, 0.3) is 0 Å². The highest BCUT2D eigenvalue weighted by Crippen LogP contribution is 2.20. The second-order valence-corrected chi connectivity index (χ2v) is 6.57. The van der Waals surface area contributed by atoms with Gasteiger partial charge >= 0.3 is 0 Å². The maximum Gasteiger partial charge on any atom is 0.251 e. The number of halogens is 1. The van der Waals surface area contributed by atoms with Crippen molar-refractivity contribution in [3.8, 4) is 0 Å². The molecule has 0 saturated carbocycles. The molecular weight excluding hydrogens is 326 g/mol. The molecule has 2 heterocycles. The number of hydrogen-bond donors (Lipinski definition) is 1. The molecule has 1 aliphatic rings. The van der Waals surface area contributed by atoms with Gasteiger partial charge in [-0.05, 0) is 44.4 Å². The summed E-state index contributed by atoms with van der Waals surface area (Å²) in [5, 5.41) is 8.08. The lowest BCUT2D eigenvalue weighted by atomic mass is 10.1. The van der Waals surface area contributed by atoms with Crippen LogP contribution in [-0.2, 0) is 11.3 Å². The Hall–Kier alpha value is -1.85. The molecule has 1 aromatic carbocycles. The Labute approximate surface area is 147 Å². The lowest BCUT2D eigenvalue weighted by Crippen LogP contribution is -2.31. The minimum Gasteiger partial charge on any atom is -0.376 e. The fourth-order valence-corrected chi connectivity index (χ4v) is 3.06. The molecule has 0 aliphatic carbocycles. The van der Waals surface area contributed by atoms with E-state index in [4.69, 9.17) is 16.3 Å². The zero-order valence-electron chi connectivity index (χ0n) is 14.0. The third-order valence-electron chi connectivity index (χ3n) is 4.33. The van der Waals surface area contributed by atoms with E-state index in [1.54, 1.807) is 0 Å². The van der Waals surface area contributed by atoms with Gasteiger partial charge < -0.3 is 10.1 Å². The average molecular weight is 348 g/mol. The second kappa shape index (κ2) is 7.36. The normalized spacial score (nSPS) is 17.2. The summed E-state index contributed by atoms with van der Waals surface area (Å²) >= 11 is 6.19. The summed E-state index contributed by atoms with van der Waals surface area (Å²) in [4.78, 5) is 12.3. The van der Waals surface area contributed by atoms with E-state index in [-0.39, 0.29) is 12.0 Å². The Morgan fingerprint density at radius 2 is 2.29 bits per heavy atom. The predicted molar refractivity (Wildman–Crippen MR) is 93.6 cm³/mol. The van der Waals surface area contributed by atoms with Crippen molar-refractivity contribution in [2.24, 2.45) is 0 Å². The van der Waals surface area contributed by atoms with Crippen molar-refractivity contribution in [2.45, 2.75) is 39.3 Å². The first-order valence-corrected chi connectivity index (χ1v) is 8.60. The number of nitrogens with zero attached hydrogens (tertiary/aromatic N) is 2. The second-order valence-electron chi connectivity index (χ2n) is 6.19. The molecule has 1 amide bonds. The number of nitrogens with one attached hydrogen (secondary N) is 1. The third kappa shape index (κ3) is 3.79. The Bertz CT molecular complexity index is 736. The number of carbonyl (C=O) groups is 1. The van der Waals surface area contributed by atoms with Crippen molar-refractivity contribution in [3.63, 3.8) is 0 Å². The molecule has 6 heteroatoms. The molecule has 1 aromatic heterocycles. The lowest BCUT2D eigenvalue weighted by molar-refractivity contribution is 0.0857. The van der Waals surface area contributed by atoms with E-state index >= 15 is 0 Å². The Morgan fingerprint density at radius 1 is 1.46 bits per heavy atom. The molecule has 1 N–H and O–H groups in total. The van der Waals surface area contributed by atoms with Gasteiger partial charge in [0.25, 0.3) is 5.91 Å². The summed E-state index contributed by atoms with van der Waals surface area (Å²) in [6.07, 6.45) is 2.23. The van der Waals surface area contributed by atoms with Crippen LogP contribution >= 0.6 is 11.6 Å². The number of ether oxygens (including phenoxy) is 1. The van der Waals surface area contributed by atoms with E-state index in [0.29, 0.717) is 23.7 Å². The molecule has 128 valence electrons. The molecule has 1 saturated heterocycles. The number of aryl methyl sites for hydroxylation is 1. The fourth-order valence-electron chi connectivity index (χ4n) is 2.93. The van der Waals surface area contributed by atoms with Gasteiger partial charge in [0.05, 0.1) is 29.1 Å². The van der Waals surface area contributed by atoms with Crippen LogP contribution in [-0.4, -0.2) is 34.9 Å². The largest absolute Gasteiger partial charge is 0.376 e. The summed E-state index contributed by atoms with van der Waals surface area (Å²) in [5.41, 5.74) is 3.42. The van der Waals surface area contributed by atoms with Crippen molar-refractivity contribution in [1.29, 1.82) is 0 Å². The monoisotopic (exact) mass is 347 g/mol. The summed E-state index contributed by atoms with van der Waals surface area (Å²) < 4.78 is 7.39. The molecule has 1 aliphatic heterocycles. The number of benzene rings is 1. The first-order valence-electron chi connectivity index (χ1n) is 8.23. The van der Waals surface area contributed by atoms with Crippen LogP contribution in [0.15, 0.2) is 24.3 Å². The summed E-state index contributed by atoms with van der Waals surface area (Å²) in [5.74, 6) is -0.0706. The Balaban J connectivity index is 1.66. The third-order valence-corrected chi connectivity index (χ3v) is 4.88. The van der Waals surface area contributed by atoms with Gasteiger partial charge in [0, 0.05) is 18.7 Å². The van der Waals surface area contributed by atoms with Crippen molar-refractivity contribution in [3.05, 3.63) is 51.8 Å². The SMILES string of the molecule is Cc1nn(Cc2cccc(C(=O)NC[C@@H]3CCCO3)c2)c(C)c1Cl. The first-order chi connectivity index (χ1) is 11.5. The van der Waals surface area contributed by atoms with Crippen LogP contribution in [0, 0.1) is 13.8 Å². The van der Waals surface area contributed by atoms with E-state index < -0.39 is 0 Å². The highest BCUT2D eigenvalue weighted by atomic mass is 35.5. The van der Waals surface area contributed by atoms with Gasteiger partial charge in [-0.3, -0.25) is 9.48 Å². The van der Waals surface area contributed by atoms with Crippen molar-refractivity contribution in [2.75, 3.05) is 13.2 Å². The zero-order valence-corrected chi connectivity index (χ0v) is 14.8. The maximum atomic E-state index is 12.3. The van der Waals surface area contributed by atoms with Gasteiger partial charge in [-0.25, -0.2) is 0 Å². The van der Waals surface area contributed by atoms with Gasteiger partial charge in [-0.15, -0.1) is 0 Å². The van der Waals surface area contributed by atoms with Crippen LogP contribution in [0.3, 0.4) is 0 Å². The highest BCUT2D eigenvalue weighted by molar-refractivity contribution is 6.31. The summed E-state index contributed by atoms with van der Waals surface area (Å²) in [6.45, 7) is 5.78. The van der Waals surface area contributed by atoms with E-state index in [1.165, 1.54) is 0 Å². The standard InChI is InChI=1S/C18H22ClN3O2/c1-12-17(19)13(2)22(21-12)11-14-5-3-6-15(9-14)18(23)20-10-16-7-4-8-24-16/h3,5-6,9,16H,4,7-8,10-11H2,1-2H3,(H,20,23)/t16-/m0/s1. The predicted octanol–water partition coefficient (Wildman–Crippen LogP) is 3.11. The van der Waals surface area contributed by atoms with Crippen LogP contribution in [0.2, 0.25) is 5.02 Å². The Morgan fingerprint density at radius 3 is 2.96 bits per heavy atom. The zero-order chi connectivity index (χ0) is 17.1. The number of aromatic nitrogens is 2. The van der Waals surface area contributed by atoms with Crippen LogP contribution in [0.4, 0.5) is 0 Å². The van der Waals surface area contributed by atoms with Crippen molar-refractivity contribution < 1.29 is 9.53 Å². The molecule has 1 atom stereocenters. The van der Waals surface area contributed by atoms with E-state index in [2.05, 4.69) is 10.4 Å². The fraction of sp³-hybridized carbons (Fsp3) is 0.444. The van der Waals surface area contributed by atoms with Crippen molar-refractivity contribution in [1.82, 2.24) is 15.1 Å². The lowest BCUT2D eigenvalue weighted by Gasteiger charge is -2.11. The maximum absolute atomic E-state index is 12.3. The van der Waals surface area contributed by atoms with Gasteiger partial charge in [-0.1, -0.05) is 23.7 Å². The molecule has 0 unspecified atom stereocenters. The quantitative estimate of drug-likeness (QED) is 0.904. The number of rotatable bonds is 5. The van der Waals surface area contributed by atoms with Gasteiger partial charge in [0.2, 0.25) is 0 Å². The average Bonchev–Trinajstić information content (AvgIpc) is 3.18. The van der Waals surface area contributed by atoms with E-state index in [0.717, 1.165) is 36.4 Å². The molecule has 5 nitrogen and oxygen atoms in total. The molecule has 0 bridgehead atoms. The van der Waals surface area contributed by atoms with Crippen molar-refractivity contribution >= 4 is 17.5 Å². The van der Waals surface area contributed by atoms with Crippen LogP contribution in [0.5, 0.6) is 0 Å². The van der Waals surface area contributed by atoms with Crippen LogP contribution < -0.4 is 5.32 Å². The number of hydrogen-bond acceptors (Lipinski definition) is 3. The highest BCUT2D eigenvalue weighted by Gasteiger charge is 2.17. The number of amides is 1. The topological polar surface area (TPSA) is 56.2 Å². The smallest absolute Gasteiger partial charge is 0.251 e. The van der Waals surface area contributed by atoms with E-state index in [1.807, 2.05) is 42.8 Å². The number of carbonyl (C=O) groups excluding carboxylic acids is 1. The molecule has 3 rings (SSSR count). The minimum atomic E-state index is -0.0706. The molecule has 0 spiro atoms. The minimum absolute atomic E-state index is 0.0706. The van der Waals surface area contributed by atoms with Gasteiger partial charge in [-0.2, -0.15) is 5.10 Å². The first kappa shape index (κ1) is 17.0. The molecule has 1 fully saturated rings. The molecule has 24 heavy (non-hydrogen) atoms. The Kier molecular flexibility index (Phi) is 5.21. The molecule has 2 aromatic rings. The molecule has 0 radical (unpaired) electrons. The van der Waals surface area contributed by atoms with Crippen LogP contribution in [0.1, 0.15) is 40.2 Å². The van der Waals surface area contributed by atoms with Gasteiger partial charge in [0.15, 0.2) is 0 Å². The van der Waals surface area contributed by atoms with Gasteiger partial charge in [0.1, 0.15) is 0 Å². The summed E-state index contributed by atoms with van der Waals surface area (Å²) in [7, 11) is 0. The summed E-state index contributed by atoms with van der Waals surface area (Å²) in [6, 6.07) is 7.60.